The number of carboxylic acids is 1. The Morgan fingerprint density at radius 3 is 2.58 bits per heavy atom. The van der Waals surface area contributed by atoms with Gasteiger partial charge in [0.05, 0.1) is 17.7 Å². The molecule has 38 heavy (non-hydrogen) atoms. The molecular formula is C21H25ClN4O10S2. The summed E-state index contributed by atoms with van der Waals surface area (Å²) >= 11 is 6.84. The second-order valence-corrected chi connectivity index (χ2v) is 11.7. The number of ketones is 1. The number of hydrogen-bond donors (Lipinski definition) is 3. The maximum absolute atomic E-state index is 13.2. The molecule has 17 heteroatoms. The molecule has 2 aliphatic heterocycles. The largest absolute Gasteiger partial charge is 0.481 e. The second-order valence-electron chi connectivity index (χ2n) is 8.64. The average Bonchev–Trinajstić information content (AvgIpc) is 3.23. The van der Waals surface area contributed by atoms with Gasteiger partial charge in [0.2, 0.25) is 21.8 Å². The van der Waals surface area contributed by atoms with Crippen LogP contribution in [0, 0.1) is 0 Å². The summed E-state index contributed by atoms with van der Waals surface area (Å²) in [7, 11) is -3.83. The highest BCUT2D eigenvalue weighted by molar-refractivity contribution is 7.88. The van der Waals surface area contributed by atoms with Crippen molar-refractivity contribution >= 4 is 68.4 Å². The highest BCUT2D eigenvalue weighted by atomic mass is 35.5. The number of esters is 1. The Hall–Kier alpha value is -3.08. The molecular weight excluding hydrogens is 568 g/mol. The smallest absolute Gasteiger partial charge is 0.350 e. The average molecular weight is 593 g/mol. The number of rotatable bonds is 10. The van der Waals surface area contributed by atoms with Gasteiger partial charge in [0, 0.05) is 13.0 Å². The van der Waals surface area contributed by atoms with Crippen LogP contribution in [0.1, 0.15) is 41.8 Å². The summed E-state index contributed by atoms with van der Waals surface area (Å²) in [4.78, 5) is 75.4. The number of amides is 3. The summed E-state index contributed by atoms with van der Waals surface area (Å²) in [5.74, 6) is -5.51. The molecule has 0 saturated carbocycles. The molecule has 0 spiro atoms. The Balaban J connectivity index is 1.76. The van der Waals surface area contributed by atoms with E-state index in [9.17, 15) is 42.3 Å². The van der Waals surface area contributed by atoms with Gasteiger partial charge in [0.1, 0.15) is 23.0 Å². The number of sulfonamides is 1. The van der Waals surface area contributed by atoms with Crippen LogP contribution < -0.4 is 10.0 Å². The van der Waals surface area contributed by atoms with Crippen LogP contribution in [0.25, 0.3) is 0 Å². The van der Waals surface area contributed by atoms with Gasteiger partial charge in [-0.05, 0) is 30.7 Å². The Morgan fingerprint density at radius 1 is 1.26 bits per heavy atom. The molecule has 0 aromatic carbocycles. The summed E-state index contributed by atoms with van der Waals surface area (Å²) < 4.78 is 30.6. The number of hydrazine groups is 1. The summed E-state index contributed by atoms with van der Waals surface area (Å²) in [5, 5.41) is 15.1. The number of nitrogens with zero attached hydrogens (tertiary/aromatic N) is 2. The SMILES string of the molecule is CS(=O)(=O)N[C@H]1CCC(=O)N2CCC[C@@H](C(=O)N[C@@H](CC(=O)O)C(=O)COC(=O)c3sccc3Cl)N2C1=O. The third-order valence-corrected chi connectivity index (χ3v) is 7.79. The maximum atomic E-state index is 13.2. The zero-order chi connectivity index (χ0) is 28.2. The first kappa shape index (κ1) is 29.5. The number of carboxylic acid groups (broad SMARTS) is 1. The van der Waals surface area contributed by atoms with Crippen LogP contribution in [0.3, 0.4) is 0 Å². The van der Waals surface area contributed by atoms with Gasteiger partial charge in [-0.2, -0.15) is 0 Å². The number of nitrogens with one attached hydrogen (secondary N) is 2. The van der Waals surface area contributed by atoms with Gasteiger partial charge in [-0.15, -0.1) is 11.3 Å². The van der Waals surface area contributed by atoms with Gasteiger partial charge < -0.3 is 15.2 Å². The van der Waals surface area contributed by atoms with Gasteiger partial charge in [0.25, 0.3) is 5.91 Å². The molecule has 208 valence electrons. The van der Waals surface area contributed by atoms with Crippen LogP contribution in [-0.2, 0) is 38.7 Å². The van der Waals surface area contributed by atoms with E-state index in [0.717, 1.165) is 27.6 Å². The molecule has 0 radical (unpaired) electrons. The number of halogens is 1. The minimum absolute atomic E-state index is 0.0437. The van der Waals surface area contributed by atoms with E-state index < -0.39 is 76.6 Å². The van der Waals surface area contributed by atoms with Crippen LogP contribution in [0.5, 0.6) is 0 Å². The topological polar surface area (TPSA) is 197 Å². The van der Waals surface area contributed by atoms with Crippen molar-refractivity contribution in [3.05, 3.63) is 21.3 Å². The van der Waals surface area contributed by atoms with Crippen LogP contribution >= 0.6 is 22.9 Å². The first-order valence-corrected chi connectivity index (χ1v) is 14.5. The molecule has 3 atom stereocenters. The fraction of sp³-hybridized carbons (Fsp3) is 0.524. The van der Waals surface area contributed by atoms with Crippen molar-refractivity contribution in [2.24, 2.45) is 0 Å². The number of hydrogen-bond acceptors (Lipinski definition) is 10. The molecule has 3 heterocycles. The van der Waals surface area contributed by atoms with E-state index in [0.29, 0.717) is 6.42 Å². The number of thiophene rings is 1. The van der Waals surface area contributed by atoms with Crippen molar-refractivity contribution in [1.82, 2.24) is 20.1 Å². The van der Waals surface area contributed by atoms with Gasteiger partial charge in [-0.25, -0.2) is 22.9 Å². The molecule has 14 nitrogen and oxygen atoms in total. The fourth-order valence-electron chi connectivity index (χ4n) is 4.07. The minimum atomic E-state index is -3.83. The Bertz CT molecular complexity index is 1250. The molecule has 2 aliphatic rings. The number of Topliss-reactive ketones (excluding diaryl/α,β-unsaturated/α-hetero) is 1. The van der Waals surface area contributed by atoms with Crippen molar-refractivity contribution in [2.45, 2.75) is 50.2 Å². The minimum Gasteiger partial charge on any atom is -0.481 e. The molecule has 3 amide bonds. The summed E-state index contributed by atoms with van der Waals surface area (Å²) in [6.07, 6.45) is 0.118. The molecule has 3 rings (SSSR count). The number of carbonyl (C=O) groups is 6. The van der Waals surface area contributed by atoms with E-state index in [1.165, 1.54) is 11.4 Å². The molecule has 3 N–H and O–H groups in total. The predicted molar refractivity (Wildman–Crippen MR) is 131 cm³/mol. The number of carbonyl (C=O) groups excluding carboxylic acids is 5. The van der Waals surface area contributed by atoms with E-state index in [-0.39, 0.29) is 35.7 Å². The van der Waals surface area contributed by atoms with Crippen LogP contribution in [0.2, 0.25) is 5.02 Å². The Morgan fingerprint density at radius 2 is 1.97 bits per heavy atom. The first-order valence-electron chi connectivity index (χ1n) is 11.3. The number of aliphatic carboxylic acids is 1. The first-order chi connectivity index (χ1) is 17.8. The van der Waals surface area contributed by atoms with E-state index in [2.05, 4.69) is 10.0 Å². The van der Waals surface area contributed by atoms with E-state index in [1.807, 2.05) is 0 Å². The van der Waals surface area contributed by atoms with Crippen molar-refractivity contribution in [3.63, 3.8) is 0 Å². The molecule has 0 unspecified atom stereocenters. The highest BCUT2D eigenvalue weighted by Gasteiger charge is 2.45. The lowest BCUT2D eigenvalue weighted by molar-refractivity contribution is -0.176. The Kier molecular flexibility index (Phi) is 9.45. The lowest BCUT2D eigenvalue weighted by Crippen LogP contribution is -2.64. The molecule has 1 aromatic rings. The second kappa shape index (κ2) is 12.2. The van der Waals surface area contributed by atoms with Crippen LogP contribution in [0.15, 0.2) is 11.4 Å². The lowest BCUT2D eigenvalue weighted by atomic mass is 10.0. The third-order valence-electron chi connectivity index (χ3n) is 5.75. The summed E-state index contributed by atoms with van der Waals surface area (Å²) in [5.41, 5.74) is 0. The monoisotopic (exact) mass is 592 g/mol. The van der Waals surface area contributed by atoms with Gasteiger partial charge in [-0.1, -0.05) is 11.6 Å². The molecule has 2 fully saturated rings. The van der Waals surface area contributed by atoms with Gasteiger partial charge >= 0.3 is 11.9 Å². The molecule has 0 aliphatic carbocycles. The highest BCUT2D eigenvalue weighted by Crippen LogP contribution is 2.26. The summed E-state index contributed by atoms with van der Waals surface area (Å²) in [6, 6.07) is -2.79. The standard InChI is InChI=1S/C21H25ClN4O10S2/c1-38(34,35)24-12-4-5-16(28)25-7-2-3-14(26(25)20(12)32)19(31)23-13(9-17(29)30)15(27)10-36-21(33)18-11(22)6-8-37-18/h6,8,12-14,24H,2-5,7,9-10H2,1H3,(H,23,31)(H,29,30)/t12-,13-,14-/m0/s1. The lowest BCUT2D eigenvalue weighted by Gasteiger charge is -2.43. The number of fused-ring (bicyclic) bond motifs is 1. The zero-order valence-corrected chi connectivity index (χ0v) is 22.4. The molecule has 2 saturated heterocycles. The predicted octanol–water partition coefficient (Wildman–Crippen LogP) is -0.467. The molecule has 1 aromatic heterocycles. The van der Waals surface area contributed by atoms with E-state index in [4.69, 9.17) is 16.3 Å². The van der Waals surface area contributed by atoms with Gasteiger partial charge in [0.15, 0.2) is 12.4 Å². The zero-order valence-electron chi connectivity index (χ0n) is 20.0. The normalized spacial score (nSPS) is 20.8. The van der Waals surface area contributed by atoms with E-state index >= 15 is 0 Å². The van der Waals surface area contributed by atoms with Crippen molar-refractivity contribution < 1.29 is 47.0 Å². The van der Waals surface area contributed by atoms with Crippen LogP contribution in [0.4, 0.5) is 0 Å². The molecule has 0 bridgehead atoms. The third kappa shape index (κ3) is 7.27. The number of ether oxygens (including phenoxy) is 1. The van der Waals surface area contributed by atoms with E-state index in [1.54, 1.807) is 0 Å². The van der Waals surface area contributed by atoms with Crippen molar-refractivity contribution in [3.8, 4) is 0 Å². The Labute approximate surface area is 226 Å². The fourth-order valence-corrected chi connectivity index (χ4v) is 5.83. The van der Waals surface area contributed by atoms with Crippen molar-refractivity contribution in [2.75, 3.05) is 19.4 Å². The van der Waals surface area contributed by atoms with Gasteiger partial charge in [-0.3, -0.25) is 29.0 Å². The summed E-state index contributed by atoms with van der Waals surface area (Å²) in [6.45, 7) is -0.748. The maximum Gasteiger partial charge on any atom is 0.350 e. The van der Waals surface area contributed by atoms with Crippen molar-refractivity contribution in [1.29, 1.82) is 0 Å². The quantitative estimate of drug-likeness (QED) is 0.299. The van der Waals surface area contributed by atoms with Crippen LogP contribution in [-0.4, -0.2) is 96.5 Å².